The lowest BCUT2D eigenvalue weighted by molar-refractivity contribution is 0.590. The van der Waals surface area contributed by atoms with Crippen LogP contribution in [0.5, 0.6) is 0 Å². The number of para-hydroxylation sites is 4. The Morgan fingerprint density at radius 1 is 0.298 bits per heavy atom. The van der Waals surface area contributed by atoms with Gasteiger partial charge in [0.1, 0.15) is 0 Å². The molecule has 0 spiro atoms. The molecular weight excluding hydrogens is 1160 g/mol. The summed E-state index contributed by atoms with van der Waals surface area (Å²) in [6.45, 7) is 6.76. The number of hydrogen-bond donors (Lipinski definition) is 0. The van der Waals surface area contributed by atoms with Gasteiger partial charge in [-0.1, -0.05) is 227 Å². The van der Waals surface area contributed by atoms with Crippen LogP contribution in [0.2, 0.25) is 0 Å². The number of benzene rings is 14. The summed E-state index contributed by atoms with van der Waals surface area (Å²) in [5.74, 6) is 0. The quantitative estimate of drug-likeness (QED) is 0.145. The van der Waals surface area contributed by atoms with Gasteiger partial charge in [0.15, 0.2) is 0 Å². The van der Waals surface area contributed by atoms with Crippen molar-refractivity contribution in [2.75, 3.05) is 4.90 Å². The summed E-state index contributed by atoms with van der Waals surface area (Å²) in [5, 5.41) is 10.0. The van der Waals surface area contributed by atoms with E-state index < -0.39 is 0 Å². The number of fused-ring (bicyclic) bond motifs is 16. The molecule has 0 saturated heterocycles. The van der Waals surface area contributed by atoms with E-state index in [1.54, 1.807) is 0 Å². The summed E-state index contributed by atoms with van der Waals surface area (Å²) in [6, 6.07) is 115. The Bertz CT molecular complexity index is 6070. The lowest BCUT2D eigenvalue weighted by Crippen LogP contribution is -2.60. The monoisotopic (exact) mass is 1210 g/mol. The maximum absolute atomic E-state index is 2.72. The van der Waals surface area contributed by atoms with Crippen molar-refractivity contribution in [3.8, 4) is 61.6 Å². The molecule has 6 heterocycles. The van der Waals surface area contributed by atoms with E-state index in [0.29, 0.717) is 0 Å². The highest BCUT2D eigenvalue weighted by molar-refractivity contribution is 7.25. The van der Waals surface area contributed by atoms with E-state index in [4.69, 9.17) is 0 Å². The molecule has 0 unspecified atom stereocenters. The molecule has 20 rings (SSSR count). The Balaban J connectivity index is 0.975. The minimum absolute atomic E-state index is 0.0157. The molecular formula is C88H59BN4S. The van der Waals surface area contributed by atoms with Crippen molar-refractivity contribution in [3.63, 3.8) is 0 Å². The smallest absolute Gasteiger partial charge is 0.252 e. The Morgan fingerprint density at radius 2 is 0.830 bits per heavy atom. The average Bonchev–Trinajstić information content (AvgIpc) is 1.55. The second kappa shape index (κ2) is 20.0. The number of nitrogens with zero attached hydrogens (tertiary/aromatic N) is 4. The van der Waals surface area contributed by atoms with Gasteiger partial charge in [0.25, 0.3) is 6.71 Å². The standard InChI is InChI=1S/C88H59BN4S/c1-88(2,3)60-41-39-55(40-42-60)59-47-81-85-82(48-59)93(86-67(56-25-10-5-11-26-56)45-58(54-23-8-4-9-24-54)46-68(86)57-27-12-6-13-28-57)80-51-71-69-49-62(91-75-36-19-16-31-63(75)64-32-17-20-37-76(64)91)43-44-77(69)90(61-29-14-7-15-30-61)78(71)52-74(80)89(85)73-35-22-34-66-70-50-72-65-33-18-21-38-83(65)94-84(72)53-79(70)92(81)87(66)73/h4-53H,1-3H3. The average molecular weight is 1220 g/mol. The van der Waals surface area contributed by atoms with Crippen molar-refractivity contribution in [3.05, 3.63) is 309 Å². The molecule has 0 bridgehead atoms. The zero-order chi connectivity index (χ0) is 62.1. The second-order valence-corrected chi connectivity index (χ2v) is 27.8. The number of thiophene rings is 1. The summed E-state index contributed by atoms with van der Waals surface area (Å²) in [6.07, 6.45) is 0. The maximum atomic E-state index is 2.72. The Labute approximate surface area is 548 Å². The van der Waals surface area contributed by atoms with Gasteiger partial charge in [-0.25, -0.2) is 0 Å². The predicted molar refractivity (Wildman–Crippen MR) is 402 cm³/mol. The molecule has 0 fully saturated rings. The number of aromatic nitrogens is 3. The van der Waals surface area contributed by atoms with E-state index in [1.165, 1.54) is 119 Å². The molecule has 2 aliphatic rings. The third-order valence-corrected chi connectivity index (χ3v) is 21.7. The molecule has 14 aromatic carbocycles. The van der Waals surface area contributed by atoms with E-state index in [-0.39, 0.29) is 12.1 Å². The van der Waals surface area contributed by atoms with Crippen molar-refractivity contribution >= 4 is 137 Å². The number of anilines is 3. The topological polar surface area (TPSA) is 18.0 Å². The minimum Gasteiger partial charge on any atom is -0.310 e. The van der Waals surface area contributed by atoms with Crippen LogP contribution >= 0.6 is 11.3 Å². The molecule has 0 aliphatic carbocycles. The summed E-state index contributed by atoms with van der Waals surface area (Å²) in [4.78, 5) is 2.72. The Morgan fingerprint density at radius 3 is 1.51 bits per heavy atom. The molecule has 6 heteroatoms. The zero-order valence-electron chi connectivity index (χ0n) is 52.1. The van der Waals surface area contributed by atoms with Gasteiger partial charge >= 0.3 is 0 Å². The van der Waals surface area contributed by atoms with Gasteiger partial charge in [0.2, 0.25) is 0 Å². The molecule has 2 aliphatic heterocycles. The molecule has 0 saturated carbocycles. The Hall–Kier alpha value is -11.4. The fourth-order valence-electron chi connectivity index (χ4n) is 16.3. The molecule has 4 aromatic heterocycles. The number of hydrogen-bond acceptors (Lipinski definition) is 2. The van der Waals surface area contributed by atoms with Gasteiger partial charge in [-0.2, -0.15) is 0 Å². The first-order valence-corrected chi connectivity index (χ1v) is 33.6. The van der Waals surface area contributed by atoms with Crippen LogP contribution in [0.15, 0.2) is 303 Å². The molecule has 0 radical (unpaired) electrons. The van der Waals surface area contributed by atoms with E-state index in [9.17, 15) is 0 Å². The van der Waals surface area contributed by atoms with Crippen LogP contribution in [0.3, 0.4) is 0 Å². The third kappa shape index (κ3) is 7.75. The first kappa shape index (κ1) is 53.2. The summed E-state index contributed by atoms with van der Waals surface area (Å²) >= 11 is 1.90. The van der Waals surface area contributed by atoms with Gasteiger partial charge in [-0.3, -0.25) is 0 Å². The van der Waals surface area contributed by atoms with Crippen LogP contribution in [0.25, 0.3) is 147 Å². The van der Waals surface area contributed by atoms with Crippen molar-refractivity contribution in [1.29, 1.82) is 0 Å². The van der Waals surface area contributed by atoms with Crippen molar-refractivity contribution < 1.29 is 0 Å². The Kier molecular flexibility index (Phi) is 11.3. The normalized spacial score (nSPS) is 12.8. The van der Waals surface area contributed by atoms with Gasteiger partial charge in [0, 0.05) is 97.6 Å². The van der Waals surface area contributed by atoms with Crippen LogP contribution in [-0.4, -0.2) is 20.4 Å². The first-order chi connectivity index (χ1) is 46.3. The highest BCUT2D eigenvalue weighted by Gasteiger charge is 2.44. The fourth-order valence-corrected chi connectivity index (χ4v) is 17.4. The zero-order valence-corrected chi connectivity index (χ0v) is 53.0. The summed E-state index contributed by atoms with van der Waals surface area (Å²) in [7, 11) is 0. The lowest BCUT2D eigenvalue weighted by Gasteiger charge is -2.42. The van der Waals surface area contributed by atoms with Crippen LogP contribution in [0.4, 0.5) is 17.1 Å². The molecule has 0 amide bonds. The lowest BCUT2D eigenvalue weighted by atomic mass is 9.33. The van der Waals surface area contributed by atoms with Gasteiger partial charge in [0.05, 0.1) is 33.3 Å². The second-order valence-electron chi connectivity index (χ2n) is 26.8. The van der Waals surface area contributed by atoms with E-state index >= 15 is 0 Å². The molecule has 0 N–H and O–H groups in total. The van der Waals surface area contributed by atoms with Crippen LogP contribution in [-0.2, 0) is 5.41 Å². The molecule has 18 aromatic rings. The molecule has 94 heavy (non-hydrogen) atoms. The molecule has 0 atom stereocenters. The predicted octanol–water partition coefficient (Wildman–Crippen LogP) is 21.9. The van der Waals surface area contributed by atoms with Crippen LogP contribution in [0.1, 0.15) is 26.3 Å². The SMILES string of the molecule is CC(C)(C)c1ccc(-c2cc3c4c(c2)-n2c5cc6sc7ccccc7c6cc5c5cccc(c52)B4c2cc4c(cc2N3c2c(-c3ccccc3)cc(-c3ccccc3)cc2-c2ccccc2)c2cc(-n3c5ccccc5c5ccccc53)ccc2n4-c2ccccc2)cc1. The van der Waals surface area contributed by atoms with Crippen LogP contribution in [0, 0.1) is 0 Å². The van der Waals surface area contributed by atoms with Crippen molar-refractivity contribution in [2.24, 2.45) is 0 Å². The third-order valence-electron chi connectivity index (χ3n) is 20.5. The first-order valence-electron chi connectivity index (χ1n) is 32.8. The largest absolute Gasteiger partial charge is 0.310 e. The van der Waals surface area contributed by atoms with Crippen molar-refractivity contribution in [2.45, 2.75) is 26.2 Å². The molecule has 4 nitrogen and oxygen atoms in total. The summed E-state index contributed by atoms with van der Waals surface area (Å²) < 4.78 is 10.3. The van der Waals surface area contributed by atoms with Gasteiger partial charge < -0.3 is 18.6 Å². The van der Waals surface area contributed by atoms with E-state index in [0.717, 1.165) is 67.3 Å². The van der Waals surface area contributed by atoms with Gasteiger partial charge in [-0.05, 0) is 158 Å². The van der Waals surface area contributed by atoms with Gasteiger partial charge in [-0.15, -0.1) is 11.3 Å². The van der Waals surface area contributed by atoms with E-state index in [1.807, 2.05) is 11.3 Å². The fraction of sp³-hybridized carbons (Fsp3) is 0.0455. The van der Waals surface area contributed by atoms with E-state index in [2.05, 4.69) is 343 Å². The minimum atomic E-state index is -0.167. The highest BCUT2D eigenvalue weighted by Crippen LogP contribution is 2.53. The van der Waals surface area contributed by atoms with Crippen LogP contribution < -0.4 is 21.3 Å². The maximum Gasteiger partial charge on any atom is 0.252 e. The highest BCUT2D eigenvalue weighted by atomic mass is 32.1. The summed E-state index contributed by atoms with van der Waals surface area (Å²) in [5.41, 5.74) is 28.5. The number of rotatable bonds is 7. The molecule has 440 valence electrons. The van der Waals surface area contributed by atoms with Crippen molar-refractivity contribution in [1.82, 2.24) is 13.7 Å².